The molecule has 0 spiro atoms. The van der Waals surface area contributed by atoms with Crippen LogP contribution in [0.25, 0.3) is 51.7 Å². The van der Waals surface area contributed by atoms with Crippen LogP contribution in [-0.4, -0.2) is 20.9 Å². The second kappa shape index (κ2) is 16.2. The van der Waals surface area contributed by atoms with Gasteiger partial charge in [0.25, 0.3) is 0 Å². The minimum atomic E-state index is 0. The van der Waals surface area contributed by atoms with Gasteiger partial charge in [-0.1, -0.05) is 83.2 Å². The van der Waals surface area contributed by atoms with Gasteiger partial charge >= 0.3 is 0 Å². The quantitative estimate of drug-likeness (QED) is 0.0894. The van der Waals surface area contributed by atoms with Gasteiger partial charge in [0.2, 0.25) is 0 Å². The smallest absolute Gasteiger partial charge is 0.162 e. The minimum Gasteiger partial charge on any atom is -0.512 e. The van der Waals surface area contributed by atoms with Gasteiger partial charge in [0, 0.05) is 58.5 Å². The second-order valence-electron chi connectivity index (χ2n) is 13.8. The molecule has 6 aromatic rings. The van der Waals surface area contributed by atoms with E-state index in [9.17, 15) is 9.90 Å². The van der Waals surface area contributed by atoms with Crippen molar-refractivity contribution >= 4 is 68.9 Å². The number of aliphatic hydroxyl groups excluding tert-OH is 1. The van der Waals surface area contributed by atoms with E-state index >= 15 is 0 Å². The summed E-state index contributed by atoms with van der Waals surface area (Å²) in [5.74, 6) is 0.547. The Morgan fingerprint density at radius 2 is 1.56 bits per heavy atom. The molecule has 3 aromatic heterocycles. The van der Waals surface area contributed by atoms with Crippen LogP contribution in [0.3, 0.4) is 0 Å². The van der Waals surface area contributed by atoms with E-state index in [1.54, 1.807) is 6.33 Å². The first-order valence-corrected chi connectivity index (χ1v) is 18.6. The van der Waals surface area contributed by atoms with Crippen LogP contribution < -0.4 is 0 Å². The number of carbonyl (C=O) groups is 1. The van der Waals surface area contributed by atoms with Gasteiger partial charge in [0.1, 0.15) is 6.33 Å². The molecular formula is C41H47IrN2O2S2-. The van der Waals surface area contributed by atoms with E-state index in [4.69, 9.17) is 9.97 Å². The molecule has 0 amide bonds. The van der Waals surface area contributed by atoms with Gasteiger partial charge in [-0.3, -0.25) is 9.78 Å². The van der Waals surface area contributed by atoms with Crippen LogP contribution >= 0.6 is 22.7 Å². The zero-order valence-corrected chi connectivity index (χ0v) is 33.4. The van der Waals surface area contributed by atoms with Crippen LogP contribution in [0.4, 0.5) is 0 Å². The van der Waals surface area contributed by atoms with Crippen LogP contribution in [0.2, 0.25) is 0 Å². The van der Waals surface area contributed by atoms with E-state index in [-0.39, 0.29) is 48.9 Å². The standard InChI is InChI=1S/C28H23N2S2.C13H24O2.Ir/c1-16-5-7-18-8-9-19(13-20(18)11-16)23-26-24(30-15-29-23)27-25(32-26)21-12-17(14-28(2,3)4)6-10-22(21)31-27;1-5-10(6-2)12(14)9-13(15)11(7-3)8-4;/h5-12,15H,14H2,1-4H3;9-11,14H,5-8H2,1-4H3;/q-1;;/b;12-9-;. The van der Waals surface area contributed by atoms with Gasteiger partial charge in [-0.25, -0.2) is 4.98 Å². The molecule has 0 saturated carbocycles. The number of aliphatic hydroxyl groups is 1. The average molecular weight is 856 g/mol. The normalized spacial score (nSPS) is 12.2. The molecule has 0 saturated heterocycles. The van der Waals surface area contributed by atoms with Gasteiger partial charge in [-0.05, 0) is 62.1 Å². The Morgan fingerprint density at radius 3 is 2.23 bits per heavy atom. The number of fused-ring (bicyclic) bond motifs is 6. The molecule has 3 aromatic carbocycles. The molecule has 1 radical (unpaired) electrons. The first-order chi connectivity index (χ1) is 22.5. The largest absolute Gasteiger partial charge is 0.512 e. The van der Waals surface area contributed by atoms with Crippen molar-refractivity contribution in [2.24, 2.45) is 17.3 Å². The second-order valence-corrected chi connectivity index (χ2v) is 15.9. The molecule has 7 heteroatoms. The number of hydrogen-bond donors (Lipinski definition) is 1. The number of allylic oxidation sites excluding steroid dienone is 2. The number of nitrogens with zero attached hydrogens (tertiary/aromatic N) is 2. The molecule has 4 nitrogen and oxygen atoms in total. The zero-order chi connectivity index (χ0) is 33.9. The van der Waals surface area contributed by atoms with Crippen LogP contribution in [0.1, 0.15) is 85.3 Å². The molecule has 0 unspecified atom stereocenters. The predicted octanol–water partition coefficient (Wildman–Crippen LogP) is 12.4. The Hall–Kier alpha value is -2.96. The Morgan fingerprint density at radius 1 is 0.875 bits per heavy atom. The summed E-state index contributed by atoms with van der Waals surface area (Å²) in [5, 5.41) is 13.4. The summed E-state index contributed by atoms with van der Waals surface area (Å²) in [4.78, 5) is 21.1. The summed E-state index contributed by atoms with van der Waals surface area (Å²) >= 11 is 3.66. The van der Waals surface area contributed by atoms with E-state index in [1.807, 2.05) is 50.4 Å². The predicted molar refractivity (Wildman–Crippen MR) is 204 cm³/mol. The molecule has 48 heavy (non-hydrogen) atoms. The third-order valence-electron chi connectivity index (χ3n) is 8.91. The average Bonchev–Trinajstić information content (AvgIpc) is 3.57. The van der Waals surface area contributed by atoms with Crippen LogP contribution in [0.15, 0.2) is 66.7 Å². The first kappa shape index (κ1) is 37.9. The van der Waals surface area contributed by atoms with Crippen molar-refractivity contribution in [2.75, 3.05) is 0 Å². The number of benzene rings is 3. The molecule has 0 bridgehead atoms. The Balaban J connectivity index is 0.000000279. The maximum atomic E-state index is 11.7. The van der Waals surface area contributed by atoms with E-state index in [0.29, 0.717) is 0 Å². The van der Waals surface area contributed by atoms with Crippen molar-refractivity contribution in [3.8, 4) is 11.3 Å². The fourth-order valence-electron chi connectivity index (χ4n) is 6.23. The third kappa shape index (κ3) is 8.42. The van der Waals surface area contributed by atoms with Crippen LogP contribution in [0, 0.1) is 30.2 Å². The summed E-state index contributed by atoms with van der Waals surface area (Å²) in [6.45, 7) is 17.1. The topological polar surface area (TPSA) is 63.1 Å². The minimum absolute atomic E-state index is 0. The molecule has 0 atom stereocenters. The Kier molecular flexibility index (Phi) is 12.7. The summed E-state index contributed by atoms with van der Waals surface area (Å²) in [6.07, 6.45) is 7.68. The van der Waals surface area contributed by atoms with Crippen molar-refractivity contribution in [1.29, 1.82) is 0 Å². The number of ketones is 1. The number of carbonyl (C=O) groups excluding carboxylic acids is 1. The van der Waals surface area contributed by atoms with E-state index in [2.05, 4.69) is 82.3 Å². The molecule has 1 N–H and O–H groups in total. The van der Waals surface area contributed by atoms with Gasteiger partial charge < -0.3 is 5.11 Å². The Labute approximate surface area is 307 Å². The van der Waals surface area contributed by atoms with E-state index < -0.39 is 0 Å². The Bertz CT molecular complexity index is 2060. The molecule has 6 rings (SSSR count). The monoisotopic (exact) mass is 856 g/mol. The molecule has 0 aliphatic rings. The summed E-state index contributed by atoms with van der Waals surface area (Å²) in [6, 6.07) is 21.3. The van der Waals surface area contributed by atoms with Crippen LogP contribution in [-0.2, 0) is 31.3 Å². The summed E-state index contributed by atoms with van der Waals surface area (Å²) in [5.41, 5.74) is 5.98. The summed E-state index contributed by atoms with van der Waals surface area (Å²) < 4.78 is 5.08. The SMILES string of the molecule is CCC(CC)C(=O)/C=C(\O)C(CC)CC.Cc1ccc2ccc(-c3ncnc4c3sc3c5cc(CC(C)(C)C)ccc5sc43)[c-]c2c1.[Ir]. The van der Waals surface area contributed by atoms with Crippen molar-refractivity contribution in [1.82, 2.24) is 9.97 Å². The molecule has 0 fully saturated rings. The summed E-state index contributed by atoms with van der Waals surface area (Å²) in [7, 11) is 0. The number of aryl methyl sites for hydroxylation is 1. The number of thiophene rings is 2. The van der Waals surface area contributed by atoms with Crippen molar-refractivity contribution < 1.29 is 30.0 Å². The maximum absolute atomic E-state index is 11.7. The van der Waals surface area contributed by atoms with Gasteiger partial charge in [0.05, 0.1) is 20.7 Å². The third-order valence-corrected chi connectivity index (χ3v) is 11.4. The molecular weight excluding hydrogens is 809 g/mol. The van der Waals surface area contributed by atoms with Gasteiger partial charge in [-0.2, -0.15) is 0 Å². The first-order valence-electron chi connectivity index (χ1n) is 16.9. The molecule has 3 heterocycles. The van der Waals surface area contributed by atoms with Gasteiger partial charge in [-0.15, -0.1) is 52.3 Å². The molecule has 0 aliphatic heterocycles. The number of aromatic nitrogens is 2. The zero-order valence-electron chi connectivity index (χ0n) is 29.4. The number of rotatable bonds is 9. The fraction of sp³-hybridized carbons (Fsp3) is 0.390. The van der Waals surface area contributed by atoms with E-state index in [1.165, 1.54) is 42.1 Å². The van der Waals surface area contributed by atoms with Crippen molar-refractivity contribution in [3.63, 3.8) is 0 Å². The maximum Gasteiger partial charge on any atom is 0.162 e. The number of hydrogen-bond acceptors (Lipinski definition) is 6. The van der Waals surface area contributed by atoms with Crippen molar-refractivity contribution in [2.45, 2.75) is 87.5 Å². The molecule has 0 aliphatic carbocycles. The van der Waals surface area contributed by atoms with Crippen LogP contribution in [0.5, 0.6) is 0 Å². The molecule has 255 valence electrons. The van der Waals surface area contributed by atoms with Gasteiger partial charge in [0.15, 0.2) is 5.78 Å². The van der Waals surface area contributed by atoms with E-state index in [0.717, 1.165) is 59.0 Å². The van der Waals surface area contributed by atoms with Crippen molar-refractivity contribution in [3.05, 3.63) is 83.9 Å². The fourth-order valence-corrected chi connectivity index (χ4v) is 8.87.